The molecule has 0 atom stereocenters. The Morgan fingerprint density at radius 3 is 2.62 bits per heavy atom. The van der Waals surface area contributed by atoms with Crippen LogP contribution in [0.25, 0.3) is 10.8 Å². The summed E-state index contributed by atoms with van der Waals surface area (Å²) in [4.78, 5) is 20.0. The first-order valence-corrected chi connectivity index (χ1v) is 11.5. The zero-order valence-electron chi connectivity index (χ0n) is 19.2. The van der Waals surface area contributed by atoms with Gasteiger partial charge in [-0.2, -0.15) is 0 Å². The summed E-state index contributed by atoms with van der Waals surface area (Å²) in [7, 11) is 2.11. The van der Waals surface area contributed by atoms with E-state index in [0.717, 1.165) is 31.0 Å². The van der Waals surface area contributed by atoms with Crippen LogP contribution in [0, 0.1) is 5.92 Å². The molecule has 2 aliphatic rings. The number of carbonyl (C=O) groups is 1. The van der Waals surface area contributed by atoms with E-state index in [1.807, 2.05) is 0 Å². The molecule has 3 heterocycles. The minimum Gasteiger partial charge on any atom is -0.389 e. The van der Waals surface area contributed by atoms with E-state index in [1.54, 1.807) is 4.90 Å². The zero-order valence-corrected chi connectivity index (χ0v) is 19.2. The van der Waals surface area contributed by atoms with Crippen molar-refractivity contribution in [3.63, 3.8) is 0 Å². The van der Waals surface area contributed by atoms with Crippen LogP contribution in [0.2, 0.25) is 0 Å². The standard InChI is InChI=1S/C26H32N4O2/c1-18(2)11-30-17-27(3)15-23-24(30)16-28(25(23)26(32)29-13-21(31)14-29)12-20-9-6-8-19-7-4-5-10-22(19)20/h4-10,16,18,21,31H,11-15,17H2,1-3H3. The number of aromatic nitrogens is 1. The number of fused-ring (bicyclic) bond motifs is 2. The van der Waals surface area contributed by atoms with Crippen molar-refractivity contribution in [2.45, 2.75) is 33.0 Å². The molecule has 0 unspecified atom stereocenters. The molecule has 1 aromatic heterocycles. The van der Waals surface area contributed by atoms with E-state index in [-0.39, 0.29) is 5.91 Å². The van der Waals surface area contributed by atoms with Crippen molar-refractivity contribution in [2.75, 3.05) is 38.3 Å². The number of anilines is 1. The molecule has 6 heteroatoms. The topological polar surface area (TPSA) is 52.0 Å². The van der Waals surface area contributed by atoms with E-state index in [4.69, 9.17) is 0 Å². The highest BCUT2D eigenvalue weighted by atomic mass is 16.3. The second-order valence-corrected chi connectivity index (χ2v) is 9.74. The molecular formula is C26H32N4O2. The number of hydrogen-bond acceptors (Lipinski definition) is 4. The number of aliphatic hydroxyl groups is 1. The Kier molecular flexibility index (Phi) is 5.43. The number of amides is 1. The molecule has 2 aromatic carbocycles. The van der Waals surface area contributed by atoms with Crippen molar-refractivity contribution >= 4 is 22.4 Å². The average molecular weight is 433 g/mol. The normalized spacial score (nSPS) is 17.2. The van der Waals surface area contributed by atoms with Crippen molar-refractivity contribution in [3.8, 4) is 0 Å². The Morgan fingerprint density at radius 1 is 1.12 bits per heavy atom. The first-order chi connectivity index (χ1) is 15.4. The summed E-state index contributed by atoms with van der Waals surface area (Å²) >= 11 is 0. The fourth-order valence-electron chi connectivity index (χ4n) is 5.06. The number of likely N-dealkylation sites (tertiary alicyclic amines) is 1. The SMILES string of the molecule is CC(C)CN1CN(C)Cc2c1cn(Cc1cccc3ccccc13)c2C(=O)N1CC(O)C1. The highest BCUT2D eigenvalue weighted by molar-refractivity contribution is 5.97. The predicted octanol–water partition coefficient (Wildman–Crippen LogP) is 3.37. The van der Waals surface area contributed by atoms with Crippen LogP contribution in [0.15, 0.2) is 48.7 Å². The van der Waals surface area contributed by atoms with Crippen LogP contribution in [-0.4, -0.2) is 64.8 Å². The maximum atomic E-state index is 13.6. The lowest BCUT2D eigenvalue weighted by molar-refractivity contribution is 0.00508. The number of rotatable bonds is 5. The lowest BCUT2D eigenvalue weighted by Gasteiger charge is -2.38. The first-order valence-electron chi connectivity index (χ1n) is 11.5. The third-order valence-electron chi connectivity index (χ3n) is 6.50. The molecule has 0 aliphatic carbocycles. The largest absolute Gasteiger partial charge is 0.389 e. The summed E-state index contributed by atoms with van der Waals surface area (Å²) in [5.74, 6) is 0.553. The van der Waals surface area contributed by atoms with Crippen molar-refractivity contribution < 1.29 is 9.90 Å². The van der Waals surface area contributed by atoms with E-state index in [2.05, 4.69) is 83.9 Å². The summed E-state index contributed by atoms with van der Waals surface area (Å²) in [6, 6.07) is 14.8. The number of hydrogen-bond donors (Lipinski definition) is 1. The van der Waals surface area contributed by atoms with E-state index in [0.29, 0.717) is 25.6 Å². The van der Waals surface area contributed by atoms with Crippen LogP contribution in [0.5, 0.6) is 0 Å². The van der Waals surface area contributed by atoms with E-state index < -0.39 is 6.10 Å². The third kappa shape index (κ3) is 3.78. The minimum atomic E-state index is -0.406. The smallest absolute Gasteiger partial charge is 0.271 e. The number of carbonyl (C=O) groups excluding carboxylic acids is 1. The average Bonchev–Trinajstić information content (AvgIpc) is 3.09. The van der Waals surface area contributed by atoms with Gasteiger partial charge in [-0.15, -0.1) is 0 Å². The molecule has 1 amide bonds. The van der Waals surface area contributed by atoms with E-state index in [9.17, 15) is 9.90 Å². The van der Waals surface area contributed by atoms with Gasteiger partial charge < -0.3 is 19.5 Å². The van der Waals surface area contributed by atoms with Gasteiger partial charge in [-0.05, 0) is 29.3 Å². The summed E-state index contributed by atoms with van der Waals surface area (Å²) < 4.78 is 2.14. The van der Waals surface area contributed by atoms with Gasteiger partial charge in [0.15, 0.2) is 0 Å². The zero-order chi connectivity index (χ0) is 22.4. The van der Waals surface area contributed by atoms with Crippen molar-refractivity contribution in [2.24, 2.45) is 5.92 Å². The summed E-state index contributed by atoms with van der Waals surface area (Å²) in [6.45, 7) is 8.50. The van der Waals surface area contributed by atoms with Gasteiger partial charge in [0.2, 0.25) is 0 Å². The molecule has 0 radical (unpaired) electrons. The molecule has 0 spiro atoms. The van der Waals surface area contributed by atoms with E-state index in [1.165, 1.54) is 22.0 Å². The van der Waals surface area contributed by atoms with Gasteiger partial charge in [-0.25, -0.2) is 0 Å². The quantitative estimate of drug-likeness (QED) is 0.672. The monoisotopic (exact) mass is 432 g/mol. The Hall–Kier alpha value is -2.83. The second-order valence-electron chi connectivity index (χ2n) is 9.74. The molecular weight excluding hydrogens is 400 g/mol. The Morgan fingerprint density at radius 2 is 1.88 bits per heavy atom. The van der Waals surface area contributed by atoms with Crippen molar-refractivity contribution in [1.82, 2.24) is 14.4 Å². The fraction of sp³-hybridized carbons (Fsp3) is 0.423. The van der Waals surface area contributed by atoms with Gasteiger partial charge >= 0.3 is 0 Å². The maximum Gasteiger partial charge on any atom is 0.271 e. The lowest BCUT2D eigenvalue weighted by Crippen LogP contribution is -2.54. The van der Waals surface area contributed by atoms with Gasteiger partial charge in [0.25, 0.3) is 5.91 Å². The molecule has 6 nitrogen and oxygen atoms in total. The summed E-state index contributed by atoms with van der Waals surface area (Å²) in [5, 5.41) is 12.2. The van der Waals surface area contributed by atoms with Gasteiger partial charge in [-0.3, -0.25) is 9.69 Å². The molecule has 168 valence electrons. The molecule has 2 aliphatic heterocycles. The highest BCUT2D eigenvalue weighted by Gasteiger charge is 2.36. The van der Waals surface area contributed by atoms with Crippen LogP contribution < -0.4 is 4.90 Å². The van der Waals surface area contributed by atoms with Crippen LogP contribution >= 0.6 is 0 Å². The van der Waals surface area contributed by atoms with Gasteiger partial charge in [0.1, 0.15) is 5.69 Å². The van der Waals surface area contributed by atoms with Gasteiger partial charge in [0, 0.05) is 44.5 Å². The third-order valence-corrected chi connectivity index (χ3v) is 6.50. The van der Waals surface area contributed by atoms with Crippen LogP contribution in [0.3, 0.4) is 0 Å². The van der Waals surface area contributed by atoms with Crippen molar-refractivity contribution in [1.29, 1.82) is 0 Å². The Labute approximate surface area is 189 Å². The number of benzene rings is 2. The summed E-state index contributed by atoms with van der Waals surface area (Å²) in [6.07, 6.45) is 1.77. The molecule has 32 heavy (non-hydrogen) atoms. The minimum absolute atomic E-state index is 0.0246. The maximum absolute atomic E-state index is 13.6. The number of nitrogens with zero attached hydrogens (tertiary/aromatic N) is 4. The lowest BCUT2D eigenvalue weighted by atomic mass is 10.0. The van der Waals surface area contributed by atoms with E-state index >= 15 is 0 Å². The molecule has 1 N–H and O–H groups in total. The second kappa shape index (κ2) is 8.26. The van der Waals surface area contributed by atoms with Crippen LogP contribution in [-0.2, 0) is 13.1 Å². The number of aliphatic hydroxyl groups excluding tert-OH is 1. The molecule has 1 saturated heterocycles. The van der Waals surface area contributed by atoms with Gasteiger partial charge in [-0.1, -0.05) is 56.3 Å². The van der Waals surface area contributed by atoms with Crippen LogP contribution in [0.4, 0.5) is 5.69 Å². The Balaban J connectivity index is 1.60. The molecule has 5 rings (SSSR count). The Bertz CT molecular complexity index is 1140. The number of β-amino-alcohol motifs (C(OH)–C–C–N with tert-alkyl or cyclic N) is 1. The van der Waals surface area contributed by atoms with Gasteiger partial charge in [0.05, 0.1) is 18.5 Å². The fourth-order valence-corrected chi connectivity index (χ4v) is 5.06. The van der Waals surface area contributed by atoms with Crippen molar-refractivity contribution in [3.05, 3.63) is 65.5 Å². The van der Waals surface area contributed by atoms with Crippen LogP contribution in [0.1, 0.15) is 35.5 Å². The highest BCUT2D eigenvalue weighted by Crippen LogP contribution is 2.34. The molecule has 3 aromatic rings. The molecule has 0 saturated carbocycles. The molecule has 1 fully saturated rings. The summed E-state index contributed by atoms with van der Waals surface area (Å²) in [5.41, 5.74) is 4.24. The molecule has 0 bridgehead atoms. The first kappa shape index (κ1) is 21.0. The predicted molar refractivity (Wildman–Crippen MR) is 128 cm³/mol.